The van der Waals surface area contributed by atoms with Gasteiger partial charge >= 0.3 is 16.9 Å². The normalized spacial score (nSPS) is 11.7. The summed E-state index contributed by atoms with van der Waals surface area (Å²) in [5.74, 6) is -1.18. The average Bonchev–Trinajstić information content (AvgIpc) is 2.95. The van der Waals surface area contributed by atoms with Crippen molar-refractivity contribution >= 4 is 23.4 Å². The van der Waals surface area contributed by atoms with Crippen LogP contribution in [0.25, 0.3) is 0 Å². The summed E-state index contributed by atoms with van der Waals surface area (Å²) in [6, 6.07) is 7.95. The van der Waals surface area contributed by atoms with Crippen molar-refractivity contribution < 1.29 is 19.4 Å². The lowest BCUT2D eigenvalue weighted by Gasteiger charge is -2.14. The zero-order valence-corrected chi connectivity index (χ0v) is 13.0. The van der Waals surface area contributed by atoms with Crippen LogP contribution in [0.4, 0.5) is 4.79 Å². The number of rotatable bonds is 7. The van der Waals surface area contributed by atoms with E-state index in [-0.39, 0.29) is 24.4 Å². The Morgan fingerprint density at radius 1 is 1.30 bits per heavy atom. The molecule has 0 aliphatic heterocycles. The summed E-state index contributed by atoms with van der Waals surface area (Å²) >= 11 is 1.03. The molecule has 0 spiro atoms. The number of carbonyl (C=O) groups is 2. The SMILES string of the molecule is O=C(NC(CCn1ccsc1=O)C(=O)O)OCc1ccccc1. The topological polar surface area (TPSA) is 97.6 Å². The fraction of sp³-hybridized carbons (Fsp3) is 0.267. The Bertz CT molecular complexity index is 710. The summed E-state index contributed by atoms with van der Waals surface area (Å²) < 4.78 is 6.39. The Hall–Kier alpha value is -2.61. The zero-order valence-electron chi connectivity index (χ0n) is 12.2. The van der Waals surface area contributed by atoms with Crippen LogP contribution in [0.1, 0.15) is 12.0 Å². The van der Waals surface area contributed by atoms with Gasteiger partial charge in [0, 0.05) is 18.1 Å². The second-order valence-electron chi connectivity index (χ2n) is 4.75. The molecule has 122 valence electrons. The fourth-order valence-corrected chi connectivity index (χ4v) is 2.50. The number of alkyl carbamates (subject to hydrolysis) is 1. The molecular weight excluding hydrogens is 320 g/mol. The molecule has 2 aromatic rings. The number of carboxylic acid groups (broad SMARTS) is 1. The van der Waals surface area contributed by atoms with E-state index in [0.717, 1.165) is 16.9 Å². The molecular formula is C15H16N2O5S. The summed E-state index contributed by atoms with van der Waals surface area (Å²) in [6.07, 6.45) is 0.866. The number of aliphatic carboxylic acids is 1. The van der Waals surface area contributed by atoms with E-state index in [2.05, 4.69) is 5.32 Å². The molecule has 1 aromatic carbocycles. The maximum absolute atomic E-state index is 11.7. The van der Waals surface area contributed by atoms with Crippen LogP contribution in [0.15, 0.2) is 46.7 Å². The number of thiazole rings is 1. The lowest BCUT2D eigenvalue weighted by Crippen LogP contribution is -2.42. The van der Waals surface area contributed by atoms with E-state index in [1.165, 1.54) is 4.57 Å². The minimum Gasteiger partial charge on any atom is -0.480 e. The van der Waals surface area contributed by atoms with E-state index < -0.39 is 18.1 Å². The molecule has 23 heavy (non-hydrogen) atoms. The molecule has 0 aliphatic rings. The van der Waals surface area contributed by atoms with Gasteiger partial charge in [-0.15, -0.1) is 0 Å². The molecule has 0 saturated heterocycles. The Morgan fingerprint density at radius 2 is 2.04 bits per heavy atom. The van der Waals surface area contributed by atoms with Crippen molar-refractivity contribution in [2.75, 3.05) is 0 Å². The molecule has 1 atom stereocenters. The van der Waals surface area contributed by atoms with Gasteiger partial charge in [0.05, 0.1) is 0 Å². The first-order valence-corrected chi connectivity index (χ1v) is 7.78. The van der Waals surface area contributed by atoms with Crippen molar-refractivity contribution in [2.24, 2.45) is 0 Å². The highest BCUT2D eigenvalue weighted by atomic mass is 32.1. The Kier molecular flexibility index (Phi) is 5.93. The number of carboxylic acids is 1. The molecule has 8 heteroatoms. The summed E-state index contributed by atoms with van der Waals surface area (Å²) in [5, 5.41) is 13.1. The van der Waals surface area contributed by atoms with Gasteiger partial charge in [0.1, 0.15) is 12.6 Å². The van der Waals surface area contributed by atoms with E-state index >= 15 is 0 Å². The van der Waals surface area contributed by atoms with Crippen LogP contribution in [0.3, 0.4) is 0 Å². The quantitative estimate of drug-likeness (QED) is 0.802. The predicted molar refractivity (Wildman–Crippen MR) is 84.4 cm³/mol. The third-order valence-corrected chi connectivity index (χ3v) is 3.80. The maximum Gasteiger partial charge on any atom is 0.408 e. The first kappa shape index (κ1) is 16.8. The molecule has 1 aromatic heterocycles. The summed E-state index contributed by atoms with van der Waals surface area (Å²) in [7, 11) is 0. The van der Waals surface area contributed by atoms with Gasteiger partial charge in [-0.2, -0.15) is 0 Å². The maximum atomic E-state index is 11.7. The predicted octanol–water partition coefficient (Wildman–Crippen LogP) is 1.68. The first-order valence-electron chi connectivity index (χ1n) is 6.90. The van der Waals surface area contributed by atoms with Crippen LogP contribution >= 0.6 is 11.3 Å². The lowest BCUT2D eigenvalue weighted by molar-refractivity contribution is -0.139. The van der Waals surface area contributed by atoms with Crippen LogP contribution < -0.4 is 10.2 Å². The van der Waals surface area contributed by atoms with Crippen LogP contribution in [-0.4, -0.2) is 27.8 Å². The van der Waals surface area contributed by atoms with Crippen molar-refractivity contribution in [1.82, 2.24) is 9.88 Å². The first-order chi connectivity index (χ1) is 11.1. The second-order valence-corrected chi connectivity index (χ2v) is 5.60. The largest absolute Gasteiger partial charge is 0.480 e. The molecule has 0 bridgehead atoms. The molecule has 0 aliphatic carbocycles. The van der Waals surface area contributed by atoms with E-state index in [4.69, 9.17) is 9.84 Å². The molecule has 0 saturated carbocycles. The van der Waals surface area contributed by atoms with E-state index in [0.29, 0.717) is 0 Å². The van der Waals surface area contributed by atoms with Crippen molar-refractivity contribution in [3.05, 3.63) is 57.1 Å². The van der Waals surface area contributed by atoms with Crippen molar-refractivity contribution in [3.8, 4) is 0 Å². The van der Waals surface area contributed by atoms with E-state index in [1.54, 1.807) is 23.7 Å². The van der Waals surface area contributed by atoms with Gasteiger partial charge in [0.25, 0.3) is 0 Å². The van der Waals surface area contributed by atoms with Gasteiger partial charge in [-0.1, -0.05) is 41.7 Å². The molecule has 1 amide bonds. The van der Waals surface area contributed by atoms with E-state index in [1.807, 2.05) is 18.2 Å². The average molecular weight is 336 g/mol. The van der Waals surface area contributed by atoms with E-state index in [9.17, 15) is 14.4 Å². The number of ether oxygens (including phenoxy) is 1. The third kappa shape index (κ3) is 5.26. The number of amides is 1. The van der Waals surface area contributed by atoms with Gasteiger partial charge < -0.3 is 19.7 Å². The number of aromatic nitrogens is 1. The van der Waals surface area contributed by atoms with Crippen LogP contribution in [-0.2, 0) is 22.7 Å². The van der Waals surface area contributed by atoms with Gasteiger partial charge in [0.15, 0.2) is 0 Å². The van der Waals surface area contributed by atoms with Gasteiger partial charge in [0.2, 0.25) is 0 Å². The summed E-state index contributed by atoms with van der Waals surface area (Å²) in [6.45, 7) is 0.265. The number of benzene rings is 1. The van der Waals surface area contributed by atoms with Gasteiger partial charge in [-0.05, 0) is 12.0 Å². The second kappa shape index (κ2) is 8.14. The molecule has 0 radical (unpaired) electrons. The zero-order chi connectivity index (χ0) is 16.7. The monoisotopic (exact) mass is 336 g/mol. The third-order valence-electron chi connectivity index (χ3n) is 3.11. The Balaban J connectivity index is 1.83. The standard InChI is InChI=1S/C15H16N2O5S/c18-13(19)12(6-7-17-8-9-23-15(17)21)16-14(20)22-10-11-4-2-1-3-5-11/h1-5,8-9,12H,6-7,10H2,(H,16,20)(H,18,19). The minimum atomic E-state index is -1.18. The summed E-state index contributed by atoms with van der Waals surface area (Å²) in [4.78, 5) is 34.1. The molecule has 2 rings (SSSR count). The van der Waals surface area contributed by atoms with Crippen molar-refractivity contribution in [2.45, 2.75) is 25.6 Å². The number of nitrogens with zero attached hydrogens (tertiary/aromatic N) is 1. The van der Waals surface area contributed by atoms with Crippen molar-refractivity contribution in [1.29, 1.82) is 0 Å². The number of carbonyl (C=O) groups excluding carboxylic acids is 1. The van der Waals surface area contributed by atoms with Crippen LogP contribution in [0, 0.1) is 0 Å². The Morgan fingerprint density at radius 3 is 2.65 bits per heavy atom. The highest BCUT2D eigenvalue weighted by molar-refractivity contribution is 7.07. The number of nitrogens with one attached hydrogen (secondary N) is 1. The van der Waals surface area contributed by atoms with Crippen molar-refractivity contribution in [3.63, 3.8) is 0 Å². The molecule has 2 N–H and O–H groups in total. The van der Waals surface area contributed by atoms with Crippen LogP contribution in [0.5, 0.6) is 0 Å². The number of aryl methyl sites for hydroxylation is 1. The van der Waals surface area contributed by atoms with Crippen LogP contribution in [0.2, 0.25) is 0 Å². The highest BCUT2D eigenvalue weighted by Gasteiger charge is 2.20. The smallest absolute Gasteiger partial charge is 0.408 e. The molecule has 1 heterocycles. The van der Waals surface area contributed by atoms with Gasteiger partial charge in [-0.25, -0.2) is 9.59 Å². The summed E-state index contributed by atoms with van der Waals surface area (Å²) in [5.41, 5.74) is 0.805. The molecule has 7 nitrogen and oxygen atoms in total. The molecule has 0 fully saturated rings. The number of hydrogen-bond donors (Lipinski definition) is 2. The fourth-order valence-electron chi connectivity index (χ4n) is 1.89. The highest BCUT2D eigenvalue weighted by Crippen LogP contribution is 2.02. The van der Waals surface area contributed by atoms with Gasteiger partial charge in [-0.3, -0.25) is 4.79 Å². The molecule has 1 unspecified atom stereocenters. The number of hydrogen-bond acceptors (Lipinski definition) is 5. The minimum absolute atomic E-state index is 0.0585. The Labute approximate surface area is 136 Å². The lowest BCUT2D eigenvalue weighted by atomic mass is 10.2.